The van der Waals surface area contributed by atoms with Crippen molar-refractivity contribution in [3.63, 3.8) is 0 Å². The molecule has 0 bridgehead atoms. The molecule has 2 rings (SSSR count). The Hall–Kier alpha value is -1.88. The van der Waals surface area contributed by atoms with Gasteiger partial charge >= 0.3 is 0 Å². The Morgan fingerprint density at radius 3 is 2.72 bits per heavy atom. The van der Waals surface area contributed by atoms with Crippen molar-refractivity contribution >= 4 is 17.4 Å². The summed E-state index contributed by atoms with van der Waals surface area (Å²) in [5, 5.41) is 0. The molecule has 0 aliphatic carbocycles. The molecule has 5 nitrogen and oxygen atoms in total. The van der Waals surface area contributed by atoms with Crippen molar-refractivity contribution in [3.05, 3.63) is 23.8 Å². The fraction of sp³-hybridized carbons (Fsp3) is 0.385. The maximum absolute atomic E-state index is 11.8. The van der Waals surface area contributed by atoms with Gasteiger partial charge in [0, 0.05) is 13.2 Å². The standard InChI is InChI=1S/C13H15NO4/c1-3-18-7-6-14-11-5-4-9(17-2)8-10(11)12(15)13(14)16/h4-5,8H,3,6-7H2,1-2H3. The molecule has 0 atom stereocenters. The maximum Gasteiger partial charge on any atom is 0.299 e. The summed E-state index contributed by atoms with van der Waals surface area (Å²) < 4.78 is 10.3. The SMILES string of the molecule is CCOCCN1C(=O)C(=O)c2cc(OC)ccc21. The smallest absolute Gasteiger partial charge is 0.299 e. The zero-order valence-electron chi connectivity index (χ0n) is 10.4. The molecule has 0 saturated carbocycles. The fourth-order valence-corrected chi connectivity index (χ4v) is 1.93. The van der Waals surface area contributed by atoms with Crippen LogP contribution >= 0.6 is 0 Å². The van der Waals surface area contributed by atoms with Crippen molar-refractivity contribution < 1.29 is 19.1 Å². The van der Waals surface area contributed by atoms with E-state index in [1.165, 1.54) is 12.0 Å². The van der Waals surface area contributed by atoms with E-state index < -0.39 is 11.7 Å². The van der Waals surface area contributed by atoms with E-state index in [2.05, 4.69) is 0 Å². The quantitative estimate of drug-likeness (QED) is 0.582. The lowest BCUT2D eigenvalue weighted by Gasteiger charge is -2.16. The van der Waals surface area contributed by atoms with Gasteiger partial charge in [-0.25, -0.2) is 0 Å². The Morgan fingerprint density at radius 2 is 2.06 bits per heavy atom. The third-order valence-electron chi connectivity index (χ3n) is 2.84. The number of benzene rings is 1. The van der Waals surface area contributed by atoms with Crippen molar-refractivity contribution in [3.8, 4) is 5.75 Å². The summed E-state index contributed by atoms with van der Waals surface area (Å²) in [6.45, 7) is 3.28. The molecule has 0 unspecified atom stereocenters. The minimum Gasteiger partial charge on any atom is -0.497 e. The molecule has 5 heteroatoms. The van der Waals surface area contributed by atoms with Crippen LogP contribution in [0.3, 0.4) is 0 Å². The summed E-state index contributed by atoms with van der Waals surface area (Å²) in [5.74, 6) is -0.417. The summed E-state index contributed by atoms with van der Waals surface area (Å²) in [4.78, 5) is 25.1. The zero-order chi connectivity index (χ0) is 13.1. The number of methoxy groups -OCH3 is 1. The van der Waals surface area contributed by atoms with Gasteiger partial charge in [-0.15, -0.1) is 0 Å². The number of fused-ring (bicyclic) bond motifs is 1. The van der Waals surface area contributed by atoms with Crippen LogP contribution in [0.1, 0.15) is 17.3 Å². The highest BCUT2D eigenvalue weighted by molar-refractivity contribution is 6.52. The Kier molecular flexibility index (Phi) is 3.62. The van der Waals surface area contributed by atoms with E-state index in [4.69, 9.17) is 9.47 Å². The second-order valence-electron chi connectivity index (χ2n) is 3.87. The van der Waals surface area contributed by atoms with Crippen molar-refractivity contribution in [1.29, 1.82) is 0 Å². The van der Waals surface area contributed by atoms with Gasteiger partial charge in [-0.05, 0) is 25.1 Å². The summed E-state index contributed by atoms with van der Waals surface area (Å²) in [7, 11) is 1.52. The first-order valence-corrected chi connectivity index (χ1v) is 5.81. The van der Waals surface area contributed by atoms with Gasteiger partial charge < -0.3 is 14.4 Å². The molecule has 1 aliphatic rings. The van der Waals surface area contributed by atoms with Gasteiger partial charge in [-0.1, -0.05) is 0 Å². The molecule has 0 fully saturated rings. The number of ketones is 1. The highest BCUT2D eigenvalue weighted by Crippen LogP contribution is 2.31. The van der Waals surface area contributed by atoms with Crippen LogP contribution in [0.2, 0.25) is 0 Å². The zero-order valence-corrected chi connectivity index (χ0v) is 10.4. The van der Waals surface area contributed by atoms with Crippen LogP contribution in [0.4, 0.5) is 5.69 Å². The third kappa shape index (κ3) is 2.09. The number of ether oxygens (including phenoxy) is 2. The molecule has 1 aromatic rings. The first-order valence-electron chi connectivity index (χ1n) is 5.81. The molecule has 0 radical (unpaired) electrons. The largest absolute Gasteiger partial charge is 0.497 e. The van der Waals surface area contributed by atoms with Crippen LogP contribution in [0.5, 0.6) is 5.75 Å². The van der Waals surface area contributed by atoms with Gasteiger partial charge in [0.1, 0.15) is 5.75 Å². The predicted octanol–water partition coefficient (Wildman–Crippen LogP) is 1.26. The summed E-state index contributed by atoms with van der Waals surface area (Å²) >= 11 is 0. The number of carbonyl (C=O) groups excluding carboxylic acids is 2. The number of anilines is 1. The second-order valence-corrected chi connectivity index (χ2v) is 3.87. The van der Waals surface area contributed by atoms with Gasteiger partial charge in [-0.3, -0.25) is 9.59 Å². The average molecular weight is 249 g/mol. The molecule has 1 aromatic carbocycles. The van der Waals surface area contributed by atoms with Gasteiger partial charge in [0.15, 0.2) is 0 Å². The number of carbonyl (C=O) groups is 2. The van der Waals surface area contributed by atoms with Crippen LogP contribution in [-0.4, -0.2) is 38.6 Å². The Bertz CT molecular complexity index is 484. The van der Waals surface area contributed by atoms with E-state index >= 15 is 0 Å². The molecule has 0 saturated heterocycles. The van der Waals surface area contributed by atoms with Crippen molar-refractivity contribution in [1.82, 2.24) is 0 Å². The first kappa shape index (κ1) is 12.6. The van der Waals surface area contributed by atoms with E-state index in [1.54, 1.807) is 18.2 Å². The summed E-state index contributed by atoms with van der Waals surface area (Å²) in [6, 6.07) is 5.05. The number of rotatable bonds is 5. The Labute approximate surface area is 105 Å². The van der Waals surface area contributed by atoms with Gasteiger partial charge in [0.05, 0.1) is 25.0 Å². The van der Waals surface area contributed by atoms with Crippen LogP contribution in [0.25, 0.3) is 0 Å². The predicted molar refractivity (Wildman–Crippen MR) is 66.2 cm³/mol. The monoisotopic (exact) mass is 249 g/mol. The topological polar surface area (TPSA) is 55.8 Å². The Balaban J connectivity index is 2.26. The normalized spacial score (nSPS) is 14.0. The molecule has 1 aliphatic heterocycles. The third-order valence-corrected chi connectivity index (χ3v) is 2.84. The molecular formula is C13H15NO4. The minimum absolute atomic E-state index is 0.387. The molecule has 96 valence electrons. The number of hydrogen-bond acceptors (Lipinski definition) is 4. The molecule has 0 N–H and O–H groups in total. The van der Waals surface area contributed by atoms with Crippen molar-refractivity contribution in [2.45, 2.75) is 6.92 Å². The molecule has 0 aromatic heterocycles. The van der Waals surface area contributed by atoms with Crippen molar-refractivity contribution in [2.24, 2.45) is 0 Å². The molecule has 1 amide bonds. The van der Waals surface area contributed by atoms with Crippen LogP contribution in [-0.2, 0) is 9.53 Å². The Morgan fingerprint density at radius 1 is 1.28 bits per heavy atom. The highest BCUT2D eigenvalue weighted by atomic mass is 16.5. The van der Waals surface area contributed by atoms with E-state index in [9.17, 15) is 9.59 Å². The van der Waals surface area contributed by atoms with E-state index in [1.807, 2.05) is 6.92 Å². The molecule has 0 spiro atoms. The van der Waals surface area contributed by atoms with Crippen molar-refractivity contribution in [2.75, 3.05) is 31.8 Å². The van der Waals surface area contributed by atoms with Crippen LogP contribution < -0.4 is 9.64 Å². The molecule has 18 heavy (non-hydrogen) atoms. The minimum atomic E-state index is -0.502. The average Bonchev–Trinajstić information content (AvgIpc) is 2.63. The van der Waals surface area contributed by atoms with Crippen LogP contribution in [0.15, 0.2) is 18.2 Å². The van der Waals surface area contributed by atoms with E-state index in [-0.39, 0.29) is 0 Å². The van der Waals surface area contributed by atoms with Gasteiger partial charge in [0.2, 0.25) is 0 Å². The summed E-state index contributed by atoms with van der Waals surface area (Å²) in [5.41, 5.74) is 1.03. The molecule has 1 heterocycles. The fourth-order valence-electron chi connectivity index (χ4n) is 1.93. The van der Waals surface area contributed by atoms with E-state index in [0.717, 1.165) is 0 Å². The highest BCUT2D eigenvalue weighted by Gasteiger charge is 2.35. The number of amides is 1. The molecular weight excluding hydrogens is 234 g/mol. The van der Waals surface area contributed by atoms with Crippen LogP contribution in [0, 0.1) is 0 Å². The number of nitrogens with zero attached hydrogens (tertiary/aromatic N) is 1. The lowest BCUT2D eigenvalue weighted by atomic mass is 10.1. The number of Topliss-reactive ketones (excluding diaryl/α,β-unsaturated/α-hetero) is 1. The van der Waals surface area contributed by atoms with Gasteiger partial charge in [0.25, 0.3) is 11.7 Å². The van der Waals surface area contributed by atoms with E-state index in [0.29, 0.717) is 36.8 Å². The summed E-state index contributed by atoms with van der Waals surface area (Å²) in [6.07, 6.45) is 0. The number of hydrogen-bond donors (Lipinski definition) is 0. The lowest BCUT2D eigenvalue weighted by molar-refractivity contribution is -0.114. The second kappa shape index (κ2) is 5.18. The lowest BCUT2D eigenvalue weighted by Crippen LogP contribution is -2.32. The van der Waals surface area contributed by atoms with Gasteiger partial charge in [-0.2, -0.15) is 0 Å². The maximum atomic E-state index is 11.8. The first-order chi connectivity index (χ1) is 8.69.